The summed E-state index contributed by atoms with van der Waals surface area (Å²) in [6, 6.07) is 25.1. The Labute approximate surface area is 191 Å². The van der Waals surface area contributed by atoms with Crippen molar-refractivity contribution < 1.29 is 23.4 Å². The molecular formula is C26H24N2O5. The van der Waals surface area contributed by atoms with Crippen LogP contribution in [0.15, 0.2) is 83.3 Å². The lowest BCUT2D eigenvalue weighted by Crippen LogP contribution is -2.11. The van der Waals surface area contributed by atoms with Gasteiger partial charge in [-0.3, -0.25) is 4.79 Å². The van der Waals surface area contributed by atoms with Crippen LogP contribution in [0.25, 0.3) is 0 Å². The van der Waals surface area contributed by atoms with Crippen LogP contribution in [0, 0.1) is 0 Å². The molecule has 0 spiro atoms. The molecule has 1 heterocycles. The number of aromatic nitrogens is 1. The maximum atomic E-state index is 11.6. The fourth-order valence-corrected chi connectivity index (χ4v) is 3.17. The van der Waals surface area contributed by atoms with Crippen LogP contribution in [0.4, 0.5) is 0 Å². The summed E-state index contributed by atoms with van der Waals surface area (Å²) in [4.78, 5) is 15.7. The minimum Gasteiger partial charge on any atom is -0.497 e. The van der Waals surface area contributed by atoms with Gasteiger partial charge in [-0.05, 0) is 41.0 Å². The molecule has 7 heteroatoms. The van der Waals surface area contributed by atoms with Gasteiger partial charge >= 0.3 is 5.91 Å². The highest BCUT2D eigenvalue weighted by Crippen LogP contribution is 2.25. The Morgan fingerprint density at radius 2 is 1.42 bits per heavy atom. The van der Waals surface area contributed by atoms with Crippen LogP contribution >= 0.6 is 0 Å². The standard InChI is InChI=1S/C26H24N2O5/c1-30-21-11-7-18(8-12-21)15-23-25(28-26(33-23)24(27)29)32-17-20-9-13-22(14-10-20)31-16-19-5-3-2-4-6-19/h2-14H,15-17H2,1H3,(H2,27,29). The van der Waals surface area contributed by atoms with Crippen molar-refractivity contribution in [1.82, 2.24) is 4.98 Å². The summed E-state index contributed by atoms with van der Waals surface area (Å²) in [7, 11) is 1.61. The Hall–Kier alpha value is -4.26. The summed E-state index contributed by atoms with van der Waals surface area (Å²) in [5.74, 6) is 1.25. The average molecular weight is 444 g/mol. The fraction of sp³-hybridized carbons (Fsp3) is 0.154. The number of ether oxygens (including phenoxy) is 3. The van der Waals surface area contributed by atoms with E-state index in [0.717, 1.165) is 28.2 Å². The Morgan fingerprint density at radius 3 is 2.09 bits per heavy atom. The van der Waals surface area contributed by atoms with Gasteiger partial charge in [0.15, 0.2) is 5.76 Å². The first-order valence-electron chi connectivity index (χ1n) is 10.4. The molecule has 0 saturated heterocycles. The molecule has 1 aromatic heterocycles. The van der Waals surface area contributed by atoms with Crippen LogP contribution in [-0.4, -0.2) is 18.0 Å². The van der Waals surface area contributed by atoms with Gasteiger partial charge in [-0.1, -0.05) is 54.6 Å². The number of hydrogen-bond acceptors (Lipinski definition) is 6. The Kier molecular flexibility index (Phi) is 6.90. The minimum absolute atomic E-state index is 0.182. The number of primary amides is 1. The molecule has 4 aromatic rings. The van der Waals surface area contributed by atoms with Gasteiger partial charge in [0, 0.05) is 6.42 Å². The summed E-state index contributed by atoms with van der Waals surface area (Å²) >= 11 is 0. The van der Waals surface area contributed by atoms with E-state index in [-0.39, 0.29) is 18.4 Å². The summed E-state index contributed by atoms with van der Waals surface area (Å²) < 4.78 is 22.4. The highest BCUT2D eigenvalue weighted by molar-refractivity contribution is 5.88. The first-order chi connectivity index (χ1) is 16.1. The van der Waals surface area contributed by atoms with Crippen LogP contribution in [0.2, 0.25) is 0 Å². The van der Waals surface area contributed by atoms with E-state index in [9.17, 15) is 4.79 Å². The first kappa shape index (κ1) is 22.0. The molecule has 33 heavy (non-hydrogen) atoms. The Morgan fingerprint density at radius 1 is 0.818 bits per heavy atom. The number of carbonyl (C=O) groups excluding carboxylic acids is 1. The van der Waals surface area contributed by atoms with Gasteiger partial charge in [0.25, 0.3) is 11.8 Å². The molecule has 0 saturated carbocycles. The van der Waals surface area contributed by atoms with Crippen molar-refractivity contribution in [2.45, 2.75) is 19.6 Å². The summed E-state index contributed by atoms with van der Waals surface area (Å²) in [5, 5.41) is 0. The number of benzene rings is 3. The number of oxazole rings is 1. The molecule has 168 valence electrons. The van der Waals surface area contributed by atoms with Gasteiger partial charge in [0.05, 0.1) is 7.11 Å². The van der Waals surface area contributed by atoms with E-state index >= 15 is 0 Å². The van der Waals surface area contributed by atoms with Gasteiger partial charge < -0.3 is 24.4 Å². The van der Waals surface area contributed by atoms with E-state index in [1.54, 1.807) is 7.11 Å². The molecule has 2 N–H and O–H groups in total. The van der Waals surface area contributed by atoms with Crippen LogP contribution in [0.1, 0.15) is 33.1 Å². The minimum atomic E-state index is -0.749. The van der Waals surface area contributed by atoms with Gasteiger partial charge in [0.1, 0.15) is 24.7 Å². The lowest BCUT2D eigenvalue weighted by atomic mass is 10.1. The van der Waals surface area contributed by atoms with Gasteiger partial charge in [-0.15, -0.1) is 0 Å². The van der Waals surface area contributed by atoms with Gasteiger partial charge in [-0.2, -0.15) is 4.98 Å². The number of nitrogens with zero attached hydrogens (tertiary/aromatic N) is 1. The zero-order valence-electron chi connectivity index (χ0n) is 18.2. The molecule has 0 aliphatic rings. The highest BCUT2D eigenvalue weighted by Gasteiger charge is 2.19. The molecule has 3 aromatic carbocycles. The molecule has 4 rings (SSSR count). The monoisotopic (exact) mass is 444 g/mol. The zero-order chi connectivity index (χ0) is 23.0. The van der Waals surface area contributed by atoms with E-state index in [0.29, 0.717) is 18.8 Å². The van der Waals surface area contributed by atoms with E-state index in [4.69, 9.17) is 24.4 Å². The molecular weight excluding hydrogens is 420 g/mol. The van der Waals surface area contributed by atoms with Crippen LogP contribution in [0.3, 0.4) is 0 Å². The second-order valence-corrected chi connectivity index (χ2v) is 7.34. The maximum Gasteiger partial charge on any atom is 0.304 e. The van der Waals surface area contributed by atoms with Gasteiger partial charge in [0.2, 0.25) is 0 Å². The number of hydrogen-bond donors (Lipinski definition) is 1. The van der Waals surface area contributed by atoms with E-state index < -0.39 is 5.91 Å². The first-order valence-corrected chi connectivity index (χ1v) is 10.4. The lowest BCUT2D eigenvalue weighted by molar-refractivity contribution is 0.0965. The number of nitrogens with two attached hydrogens (primary N) is 1. The van der Waals surface area contributed by atoms with Crippen molar-refractivity contribution >= 4 is 5.91 Å². The topological polar surface area (TPSA) is 96.8 Å². The normalized spacial score (nSPS) is 10.6. The van der Waals surface area contributed by atoms with Crippen molar-refractivity contribution in [2.75, 3.05) is 7.11 Å². The quantitative estimate of drug-likeness (QED) is 0.386. The number of rotatable bonds is 10. The van der Waals surface area contributed by atoms with Crippen molar-refractivity contribution in [1.29, 1.82) is 0 Å². The molecule has 7 nitrogen and oxygen atoms in total. The van der Waals surface area contributed by atoms with Crippen LogP contribution in [-0.2, 0) is 19.6 Å². The van der Waals surface area contributed by atoms with Crippen molar-refractivity contribution in [3.63, 3.8) is 0 Å². The Balaban J connectivity index is 1.40. The molecule has 0 fully saturated rings. The van der Waals surface area contributed by atoms with E-state index in [1.165, 1.54) is 0 Å². The highest BCUT2D eigenvalue weighted by atomic mass is 16.5. The SMILES string of the molecule is COc1ccc(Cc2oc(C(N)=O)nc2OCc2ccc(OCc3ccccc3)cc2)cc1. The third-order valence-corrected chi connectivity index (χ3v) is 4.94. The maximum absolute atomic E-state index is 11.6. The molecule has 0 unspecified atom stereocenters. The molecule has 0 bridgehead atoms. The van der Waals surface area contributed by atoms with E-state index in [1.807, 2.05) is 78.9 Å². The zero-order valence-corrected chi connectivity index (χ0v) is 18.2. The summed E-state index contributed by atoms with van der Waals surface area (Å²) in [6.45, 7) is 0.750. The largest absolute Gasteiger partial charge is 0.497 e. The van der Waals surface area contributed by atoms with Gasteiger partial charge in [-0.25, -0.2) is 0 Å². The van der Waals surface area contributed by atoms with Crippen molar-refractivity contribution in [3.05, 3.63) is 107 Å². The number of amides is 1. The predicted octanol–water partition coefficient (Wildman–Crippen LogP) is 4.53. The molecule has 0 aliphatic carbocycles. The lowest BCUT2D eigenvalue weighted by Gasteiger charge is -2.08. The predicted molar refractivity (Wildman–Crippen MR) is 122 cm³/mol. The third kappa shape index (κ3) is 5.92. The Bertz CT molecular complexity index is 1190. The number of methoxy groups -OCH3 is 1. The second-order valence-electron chi connectivity index (χ2n) is 7.34. The van der Waals surface area contributed by atoms with Crippen molar-refractivity contribution in [2.24, 2.45) is 5.73 Å². The fourth-order valence-electron chi connectivity index (χ4n) is 3.17. The average Bonchev–Trinajstić information content (AvgIpc) is 3.26. The number of carbonyl (C=O) groups is 1. The van der Waals surface area contributed by atoms with E-state index in [2.05, 4.69) is 4.98 Å². The molecule has 0 atom stereocenters. The van der Waals surface area contributed by atoms with Crippen LogP contribution in [0.5, 0.6) is 17.4 Å². The molecule has 0 aliphatic heterocycles. The second kappa shape index (κ2) is 10.4. The van der Waals surface area contributed by atoms with Crippen molar-refractivity contribution in [3.8, 4) is 17.4 Å². The van der Waals surface area contributed by atoms with Crippen LogP contribution < -0.4 is 19.9 Å². The third-order valence-electron chi connectivity index (χ3n) is 4.94. The summed E-state index contributed by atoms with van der Waals surface area (Å²) in [5.41, 5.74) is 8.31. The molecule has 0 radical (unpaired) electrons. The molecule has 1 amide bonds. The smallest absolute Gasteiger partial charge is 0.304 e. The summed E-state index contributed by atoms with van der Waals surface area (Å²) in [6.07, 6.45) is 0.395.